The van der Waals surface area contributed by atoms with Crippen molar-refractivity contribution in [2.75, 3.05) is 40.5 Å². The molecule has 0 amide bonds. The number of ether oxygens (including phenoxy) is 1. The van der Waals surface area contributed by atoms with E-state index in [1.165, 1.54) is 11.1 Å². The number of hydrogen-bond donors (Lipinski definition) is 1. The lowest BCUT2D eigenvalue weighted by molar-refractivity contribution is 0.204. The average molecular weight is 341 g/mol. The van der Waals surface area contributed by atoms with E-state index in [-0.39, 0.29) is 0 Å². The zero-order chi connectivity index (χ0) is 18.4. The van der Waals surface area contributed by atoms with E-state index in [4.69, 9.17) is 10.5 Å². The first kappa shape index (κ1) is 23.0. The molecule has 0 spiro atoms. The molecule has 24 heavy (non-hydrogen) atoms. The van der Waals surface area contributed by atoms with Crippen molar-refractivity contribution >= 4 is 0 Å². The highest BCUT2D eigenvalue weighted by atomic mass is 19.1. The molecule has 0 aromatic heterocycles. The van der Waals surface area contributed by atoms with Crippen LogP contribution in [0.15, 0.2) is 35.5 Å². The van der Waals surface area contributed by atoms with Gasteiger partial charge in [-0.05, 0) is 52.6 Å². The number of rotatable bonds is 13. The predicted molar refractivity (Wildman–Crippen MR) is 103 cm³/mol. The van der Waals surface area contributed by atoms with E-state index in [0.717, 1.165) is 32.4 Å². The van der Waals surface area contributed by atoms with E-state index in [0.29, 0.717) is 18.5 Å². The van der Waals surface area contributed by atoms with Gasteiger partial charge < -0.3 is 10.5 Å². The molecule has 0 bridgehead atoms. The van der Waals surface area contributed by atoms with Crippen molar-refractivity contribution in [3.05, 3.63) is 35.5 Å². The molecule has 0 rings (SSSR count). The summed E-state index contributed by atoms with van der Waals surface area (Å²) in [6.45, 7) is 8.44. The molecule has 0 saturated carbocycles. The minimum Gasteiger partial charge on any atom is -0.384 e. The summed E-state index contributed by atoms with van der Waals surface area (Å²) in [5, 5.41) is 0. The second-order valence-corrected chi connectivity index (χ2v) is 6.55. The predicted octanol–water partition coefficient (Wildman–Crippen LogP) is 4.12. The van der Waals surface area contributed by atoms with Gasteiger partial charge in [-0.15, -0.1) is 0 Å². The molecule has 0 aliphatic rings. The summed E-state index contributed by atoms with van der Waals surface area (Å²) in [6, 6.07) is 0.360. The molecule has 2 N–H and O–H groups in total. The van der Waals surface area contributed by atoms with Crippen LogP contribution in [0.2, 0.25) is 0 Å². The van der Waals surface area contributed by atoms with Crippen LogP contribution >= 0.6 is 0 Å². The first-order valence-electron chi connectivity index (χ1n) is 8.92. The van der Waals surface area contributed by atoms with Gasteiger partial charge in [0.25, 0.3) is 0 Å². The summed E-state index contributed by atoms with van der Waals surface area (Å²) in [7, 11) is 3.86. The van der Waals surface area contributed by atoms with Crippen LogP contribution in [0.3, 0.4) is 0 Å². The Hall–Kier alpha value is -0.970. The van der Waals surface area contributed by atoms with E-state index in [2.05, 4.69) is 44.9 Å². The van der Waals surface area contributed by atoms with Crippen LogP contribution in [0.1, 0.15) is 40.0 Å². The normalized spacial score (nSPS) is 16.2. The Labute approximate surface area is 148 Å². The molecule has 0 aliphatic heterocycles. The van der Waals surface area contributed by atoms with Crippen LogP contribution in [0.25, 0.3) is 0 Å². The van der Waals surface area contributed by atoms with E-state index in [1.54, 1.807) is 13.2 Å². The van der Waals surface area contributed by atoms with Crippen molar-refractivity contribution in [1.82, 2.24) is 4.90 Å². The Morgan fingerprint density at radius 3 is 2.54 bits per heavy atom. The van der Waals surface area contributed by atoms with Gasteiger partial charge in [-0.1, -0.05) is 42.4 Å². The Morgan fingerprint density at radius 2 is 1.96 bits per heavy atom. The third-order valence-corrected chi connectivity index (χ3v) is 4.28. The number of likely N-dealkylation sites (N-methyl/N-ethyl adjacent to an activating group) is 1. The summed E-state index contributed by atoms with van der Waals surface area (Å²) < 4.78 is 17.4. The van der Waals surface area contributed by atoms with Crippen LogP contribution in [0.5, 0.6) is 0 Å². The number of allylic oxidation sites excluding steroid dienone is 2. The highest BCUT2D eigenvalue weighted by Gasteiger charge is 2.12. The Morgan fingerprint density at radius 1 is 1.25 bits per heavy atom. The molecule has 2 atom stereocenters. The third-order valence-electron chi connectivity index (χ3n) is 4.28. The smallest absolute Gasteiger partial charge is 0.108 e. The van der Waals surface area contributed by atoms with Gasteiger partial charge >= 0.3 is 0 Å². The van der Waals surface area contributed by atoms with Gasteiger partial charge in [0.05, 0.1) is 0 Å². The lowest BCUT2D eigenvalue weighted by Gasteiger charge is -2.26. The van der Waals surface area contributed by atoms with Crippen LogP contribution in [-0.4, -0.2) is 51.5 Å². The minimum absolute atomic E-state index is 0.337. The van der Waals surface area contributed by atoms with E-state index < -0.39 is 6.67 Å². The summed E-state index contributed by atoms with van der Waals surface area (Å²) in [4.78, 5) is 2.34. The Balaban J connectivity index is 4.83. The maximum atomic E-state index is 12.3. The molecular formula is C20H37FN2O. The fourth-order valence-corrected chi connectivity index (χ4v) is 2.58. The number of nitrogens with zero attached hydrogens (tertiary/aromatic N) is 1. The van der Waals surface area contributed by atoms with Gasteiger partial charge in [0.15, 0.2) is 0 Å². The number of alkyl halides is 1. The van der Waals surface area contributed by atoms with Gasteiger partial charge in [0, 0.05) is 26.3 Å². The van der Waals surface area contributed by atoms with E-state index in [9.17, 15) is 4.39 Å². The molecule has 0 aromatic carbocycles. The summed E-state index contributed by atoms with van der Waals surface area (Å²) in [5.41, 5.74) is 8.50. The lowest BCUT2D eigenvalue weighted by Crippen LogP contribution is -2.30. The quantitative estimate of drug-likeness (QED) is 0.405. The van der Waals surface area contributed by atoms with Crippen molar-refractivity contribution < 1.29 is 9.13 Å². The maximum absolute atomic E-state index is 12.3. The first-order valence-corrected chi connectivity index (χ1v) is 8.92. The highest BCUT2D eigenvalue weighted by Crippen LogP contribution is 2.20. The van der Waals surface area contributed by atoms with Crippen molar-refractivity contribution in [2.24, 2.45) is 11.7 Å². The summed E-state index contributed by atoms with van der Waals surface area (Å²) in [6.07, 6.45) is 10.8. The topological polar surface area (TPSA) is 38.5 Å². The van der Waals surface area contributed by atoms with E-state index in [1.807, 2.05) is 6.08 Å². The summed E-state index contributed by atoms with van der Waals surface area (Å²) >= 11 is 0. The minimum atomic E-state index is -0.394. The average Bonchev–Trinajstić information content (AvgIpc) is 2.56. The molecular weight excluding hydrogens is 303 g/mol. The molecule has 0 aliphatic carbocycles. The Kier molecular flexibility index (Phi) is 13.8. The first-order chi connectivity index (χ1) is 11.5. The maximum Gasteiger partial charge on any atom is 0.108 e. The van der Waals surface area contributed by atoms with Crippen molar-refractivity contribution in [2.45, 2.75) is 46.1 Å². The lowest BCUT2D eigenvalue weighted by atomic mass is 9.95. The van der Waals surface area contributed by atoms with Crippen LogP contribution in [0.4, 0.5) is 4.39 Å². The van der Waals surface area contributed by atoms with Gasteiger partial charge in [-0.2, -0.15) is 0 Å². The molecule has 2 unspecified atom stereocenters. The molecule has 140 valence electrons. The molecule has 0 fully saturated rings. The number of hydrogen-bond acceptors (Lipinski definition) is 3. The standard InChI is InChI=1S/C20H37FN2O/c1-17(9-8-12-21)15-20(18(2)11-13-22)16-23(4)19(3)10-6-7-14-24-5/h6,8-10,17,19H,7,11-16,22H2,1-5H3/b9-8-,10-6-,20-18+. The molecule has 0 saturated heterocycles. The number of methoxy groups -OCH3 is 1. The van der Waals surface area contributed by atoms with Crippen molar-refractivity contribution in [3.8, 4) is 0 Å². The zero-order valence-corrected chi connectivity index (χ0v) is 16.2. The molecule has 0 radical (unpaired) electrons. The largest absolute Gasteiger partial charge is 0.384 e. The highest BCUT2D eigenvalue weighted by molar-refractivity contribution is 5.16. The molecule has 3 nitrogen and oxygen atoms in total. The fraction of sp³-hybridized carbons (Fsp3) is 0.700. The van der Waals surface area contributed by atoms with Crippen LogP contribution < -0.4 is 5.73 Å². The van der Waals surface area contributed by atoms with Gasteiger partial charge in [-0.25, -0.2) is 4.39 Å². The fourth-order valence-electron chi connectivity index (χ4n) is 2.58. The van der Waals surface area contributed by atoms with Crippen molar-refractivity contribution in [3.63, 3.8) is 0 Å². The van der Waals surface area contributed by atoms with Crippen LogP contribution in [0, 0.1) is 5.92 Å². The summed E-state index contributed by atoms with van der Waals surface area (Å²) in [5.74, 6) is 0.337. The second-order valence-electron chi connectivity index (χ2n) is 6.55. The monoisotopic (exact) mass is 340 g/mol. The Bertz CT molecular complexity index is 404. The van der Waals surface area contributed by atoms with Gasteiger partial charge in [0.1, 0.15) is 6.67 Å². The van der Waals surface area contributed by atoms with Crippen LogP contribution in [-0.2, 0) is 4.74 Å². The van der Waals surface area contributed by atoms with Gasteiger partial charge in [0.2, 0.25) is 0 Å². The van der Waals surface area contributed by atoms with E-state index >= 15 is 0 Å². The number of halogens is 1. The second kappa shape index (κ2) is 14.4. The zero-order valence-electron chi connectivity index (χ0n) is 16.2. The third kappa shape index (κ3) is 10.7. The van der Waals surface area contributed by atoms with Gasteiger partial charge in [-0.3, -0.25) is 4.90 Å². The molecule has 0 heterocycles. The number of nitrogens with two attached hydrogens (primary N) is 1. The molecule has 4 heteroatoms. The molecule has 0 aromatic rings. The van der Waals surface area contributed by atoms with Crippen molar-refractivity contribution in [1.29, 1.82) is 0 Å². The SMILES string of the molecule is COCC/C=C\C(C)N(C)C/C(CC(C)/C=C\CF)=C(\C)CCN.